The monoisotopic (exact) mass is 439 g/mol. The van der Waals surface area contributed by atoms with Gasteiger partial charge in [0.15, 0.2) is 5.78 Å². The van der Waals surface area contributed by atoms with Gasteiger partial charge in [-0.05, 0) is 36.0 Å². The van der Waals surface area contributed by atoms with Gasteiger partial charge in [-0.1, -0.05) is 32.8 Å². The molecule has 4 aliphatic rings. The Balaban J connectivity index is 1.41. The van der Waals surface area contributed by atoms with E-state index in [9.17, 15) is 19.2 Å². The molecule has 1 aromatic carbocycles. The first-order valence-corrected chi connectivity index (χ1v) is 11.5. The number of ketones is 1. The lowest BCUT2D eigenvalue weighted by atomic mass is 9.79. The first-order valence-electron chi connectivity index (χ1n) is 11.5. The second-order valence-corrected chi connectivity index (χ2v) is 10.0. The van der Waals surface area contributed by atoms with Crippen LogP contribution in [0.15, 0.2) is 18.2 Å². The van der Waals surface area contributed by atoms with E-state index in [2.05, 4.69) is 17.6 Å². The predicted molar refractivity (Wildman–Crippen MR) is 116 cm³/mol. The van der Waals surface area contributed by atoms with Crippen molar-refractivity contribution in [3.63, 3.8) is 0 Å². The molecule has 4 atom stereocenters. The van der Waals surface area contributed by atoms with Crippen LogP contribution in [-0.2, 0) is 25.5 Å². The highest BCUT2D eigenvalue weighted by atomic mass is 16.5. The zero-order valence-electron chi connectivity index (χ0n) is 18.5. The molecule has 32 heavy (non-hydrogen) atoms. The number of hydrogen-bond donors (Lipinski definition) is 2. The number of hydrogen-bond acceptors (Lipinski definition) is 5. The molecule has 8 nitrogen and oxygen atoms in total. The van der Waals surface area contributed by atoms with Crippen LogP contribution in [0.3, 0.4) is 0 Å². The second-order valence-electron chi connectivity index (χ2n) is 10.0. The summed E-state index contributed by atoms with van der Waals surface area (Å²) >= 11 is 0. The number of rotatable bonds is 4. The molecule has 3 fully saturated rings. The third-order valence-electron chi connectivity index (χ3n) is 7.69. The minimum Gasteiger partial charge on any atom is -0.367 e. The summed E-state index contributed by atoms with van der Waals surface area (Å²) in [6.45, 7) is 4.54. The molecule has 0 bridgehead atoms. The van der Waals surface area contributed by atoms with Gasteiger partial charge in [-0.2, -0.15) is 0 Å². The van der Waals surface area contributed by atoms with E-state index >= 15 is 0 Å². The zero-order chi connectivity index (χ0) is 22.6. The summed E-state index contributed by atoms with van der Waals surface area (Å²) < 4.78 is 5.65. The van der Waals surface area contributed by atoms with Gasteiger partial charge < -0.3 is 20.3 Å². The van der Waals surface area contributed by atoms with Gasteiger partial charge in [0.2, 0.25) is 11.8 Å². The minimum atomic E-state index is -0.723. The molecule has 2 saturated heterocycles. The molecule has 1 aromatic rings. The molecule has 3 amide bonds. The summed E-state index contributed by atoms with van der Waals surface area (Å²) in [5, 5.41) is 5.77. The Morgan fingerprint density at radius 2 is 2.00 bits per heavy atom. The van der Waals surface area contributed by atoms with E-state index < -0.39 is 12.1 Å². The smallest absolute Gasteiger partial charge is 0.252 e. The normalized spacial score (nSPS) is 28.9. The van der Waals surface area contributed by atoms with E-state index in [0.29, 0.717) is 24.2 Å². The number of anilines is 1. The standard InChI is InChI=1S/C24H29N3O5/c1-13-11-27(19-17(28)12-32-20(13)19)23(31)21(24(2)7-3-4-8-24)26-22(30)15-6-5-14-10-18(29)25-16(14)9-15/h5-6,9,13,19-21H,3-4,7-8,10-12H2,1-2H3,(H,25,29)(H,26,30)/t13-,19-,20-,21-/m1/s1. The van der Waals surface area contributed by atoms with Crippen LogP contribution in [0.1, 0.15) is 55.5 Å². The largest absolute Gasteiger partial charge is 0.367 e. The van der Waals surface area contributed by atoms with Crippen molar-refractivity contribution in [1.82, 2.24) is 10.2 Å². The van der Waals surface area contributed by atoms with Crippen LogP contribution in [-0.4, -0.2) is 59.7 Å². The Kier molecular flexibility index (Phi) is 5.08. The molecule has 0 aromatic heterocycles. The average molecular weight is 440 g/mol. The molecule has 0 unspecified atom stereocenters. The number of benzene rings is 1. The van der Waals surface area contributed by atoms with Crippen LogP contribution in [0.25, 0.3) is 0 Å². The van der Waals surface area contributed by atoms with E-state index in [0.717, 1.165) is 31.2 Å². The number of ether oxygens (including phenoxy) is 1. The number of nitrogens with one attached hydrogen (secondary N) is 2. The quantitative estimate of drug-likeness (QED) is 0.743. The molecule has 0 spiro atoms. The molecule has 170 valence electrons. The van der Waals surface area contributed by atoms with Crippen molar-refractivity contribution in [2.75, 3.05) is 18.5 Å². The maximum Gasteiger partial charge on any atom is 0.252 e. The Labute approximate surface area is 187 Å². The highest BCUT2D eigenvalue weighted by molar-refractivity contribution is 6.03. The van der Waals surface area contributed by atoms with Gasteiger partial charge >= 0.3 is 0 Å². The molecule has 8 heteroatoms. The number of fused-ring (bicyclic) bond motifs is 2. The number of nitrogens with zero attached hydrogens (tertiary/aromatic N) is 1. The van der Waals surface area contributed by atoms with Gasteiger partial charge in [-0.3, -0.25) is 19.2 Å². The van der Waals surface area contributed by atoms with E-state index in [1.165, 1.54) is 0 Å². The van der Waals surface area contributed by atoms with Crippen LogP contribution in [0, 0.1) is 11.3 Å². The second kappa shape index (κ2) is 7.69. The fourth-order valence-electron chi connectivity index (χ4n) is 5.86. The fraction of sp³-hybridized carbons (Fsp3) is 0.583. The van der Waals surface area contributed by atoms with E-state index in [1.807, 2.05) is 6.92 Å². The summed E-state index contributed by atoms with van der Waals surface area (Å²) in [4.78, 5) is 52.8. The lowest BCUT2D eigenvalue weighted by Gasteiger charge is -2.37. The lowest BCUT2D eigenvalue weighted by molar-refractivity contribution is -0.140. The van der Waals surface area contributed by atoms with Crippen LogP contribution in [0.4, 0.5) is 5.69 Å². The van der Waals surface area contributed by atoms with Gasteiger partial charge in [0, 0.05) is 23.7 Å². The summed E-state index contributed by atoms with van der Waals surface area (Å²) in [6, 6.07) is 3.85. The van der Waals surface area contributed by atoms with Crippen molar-refractivity contribution in [1.29, 1.82) is 0 Å². The van der Waals surface area contributed by atoms with Gasteiger partial charge in [0.1, 0.15) is 18.7 Å². The van der Waals surface area contributed by atoms with Crippen LogP contribution < -0.4 is 10.6 Å². The number of likely N-dealkylation sites (tertiary alicyclic amines) is 1. The first kappa shape index (κ1) is 21.1. The summed E-state index contributed by atoms with van der Waals surface area (Å²) in [5.41, 5.74) is 1.53. The van der Waals surface area contributed by atoms with Gasteiger partial charge in [0.25, 0.3) is 5.91 Å². The van der Waals surface area contributed by atoms with Gasteiger partial charge in [0.05, 0.1) is 12.5 Å². The SMILES string of the molecule is C[C@@H]1CN(C(=O)[C@@H](NC(=O)c2ccc3c(c2)NC(=O)C3)C2(C)CCCC2)[C@@H]2C(=O)CO[C@H]12. The molecule has 3 heterocycles. The maximum atomic E-state index is 13.8. The lowest BCUT2D eigenvalue weighted by Crippen LogP contribution is -2.57. The molecule has 1 aliphatic carbocycles. The third-order valence-corrected chi connectivity index (χ3v) is 7.69. The highest BCUT2D eigenvalue weighted by Crippen LogP contribution is 2.42. The Morgan fingerprint density at radius 3 is 2.75 bits per heavy atom. The Bertz CT molecular complexity index is 999. The highest BCUT2D eigenvalue weighted by Gasteiger charge is 2.54. The number of carbonyl (C=O) groups excluding carboxylic acids is 4. The summed E-state index contributed by atoms with van der Waals surface area (Å²) in [6.07, 6.45) is 3.73. The maximum absolute atomic E-state index is 13.8. The Hall–Kier alpha value is -2.74. The van der Waals surface area contributed by atoms with E-state index in [-0.39, 0.29) is 47.5 Å². The molecule has 2 N–H and O–H groups in total. The van der Waals surface area contributed by atoms with E-state index in [1.54, 1.807) is 23.1 Å². The number of Topliss-reactive ketones (excluding diaryl/α,β-unsaturated/α-hetero) is 1. The first-order chi connectivity index (χ1) is 15.3. The average Bonchev–Trinajstić information content (AvgIpc) is 3.51. The Morgan fingerprint density at radius 1 is 1.25 bits per heavy atom. The molecule has 3 aliphatic heterocycles. The predicted octanol–water partition coefficient (Wildman–Crippen LogP) is 1.67. The van der Waals surface area contributed by atoms with Crippen molar-refractivity contribution >= 4 is 29.2 Å². The van der Waals surface area contributed by atoms with Crippen molar-refractivity contribution in [3.05, 3.63) is 29.3 Å². The fourth-order valence-corrected chi connectivity index (χ4v) is 5.86. The minimum absolute atomic E-state index is 0.0403. The summed E-state index contributed by atoms with van der Waals surface area (Å²) in [7, 11) is 0. The van der Waals surface area contributed by atoms with Crippen LogP contribution in [0.2, 0.25) is 0 Å². The van der Waals surface area contributed by atoms with Gasteiger partial charge in [-0.25, -0.2) is 0 Å². The number of amides is 3. The molecule has 5 rings (SSSR count). The molecular formula is C24H29N3O5. The van der Waals surface area contributed by atoms with E-state index in [4.69, 9.17) is 4.74 Å². The zero-order valence-corrected chi connectivity index (χ0v) is 18.5. The van der Waals surface area contributed by atoms with Gasteiger partial charge in [-0.15, -0.1) is 0 Å². The molecule has 0 radical (unpaired) electrons. The van der Waals surface area contributed by atoms with Crippen molar-refractivity contribution in [2.45, 2.75) is 64.1 Å². The van der Waals surface area contributed by atoms with Crippen molar-refractivity contribution in [2.24, 2.45) is 11.3 Å². The summed E-state index contributed by atoms with van der Waals surface area (Å²) in [5.74, 6) is -0.633. The molecule has 1 saturated carbocycles. The van der Waals surface area contributed by atoms with Crippen molar-refractivity contribution < 1.29 is 23.9 Å². The third kappa shape index (κ3) is 3.41. The number of carbonyl (C=O) groups is 4. The van der Waals surface area contributed by atoms with Crippen LogP contribution >= 0.6 is 0 Å². The molecular weight excluding hydrogens is 410 g/mol. The van der Waals surface area contributed by atoms with Crippen LogP contribution in [0.5, 0.6) is 0 Å². The van der Waals surface area contributed by atoms with Crippen molar-refractivity contribution in [3.8, 4) is 0 Å². The topological polar surface area (TPSA) is 105 Å².